The second-order valence-electron chi connectivity index (χ2n) is 5.62. The predicted molar refractivity (Wildman–Crippen MR) is 70.4 cm³/mol. The first-order valence-corrected chi connectivity index (χ1v) is 6.37. The summed E-state index contributed by atoms with van der Waals surface area (Å²) in [5.74, 6) is 1.00. The Morgan fingerprint density at radius 1 is 1.12 bits per heavy atom. The first-order valence-electron chi connectivity index (χ1n) is 6.37. The normalized spacial score (nSPS) is 17.9. The van der Waals surface area contributed by atoms with E-state index < -0.39 is 0 Å². The van der Waals surface area contributed by atoms with Gasteiger partial charge in [-0.15, -0.1) is 5.10 Å². The quantitative estimate of drug-likeness (QED) is 0.801. The number of rotatable bonds is 1. The van der Waals surface area contributed by atoms with Crippen molar-refractivity contribution in [2.24, 2.45) is 0 Å². The maximum Gasteiger partial charge on any atom is 0.151 e. The Labute approximate surface area is 103 Å². The van der Waals surface area contributed by atoms with E-state index >= 15 is 0 Å². The van der Waals surface area contributed by atoms with Crippen molar-refractivity contribution in [1.82, 2.24) is 15.5 Å². The predicted octanol–water partition coefficient (Wildman–Crippen LogP) is 1.57. The van der Waals surface area contributed by atoms with Crippen molar-refractivity contribution < 1.29 is 0 Å². The topological polar surface area (TPSA) is 41.0 Å². The van der Waals surface area contributed by atoms with Crippen molar-refractivity contribution in [2.75, 3.05) is 31.1 Å². The van der Waals surface area contributed by atoms with Gasteiger partial charge < -0.3 is 10.2 Å². The van der Waals surface area contributed by atoms with Crippen LogP contribution in [0.4, 0.5) is 5.82 Å². The van der Waals surface area contributed by atoms with Crippen LogP contribution in [0.1, 0.15) is 32.9 Å². The lowest BCUT2D eigenvalue weighted by Gasteiger charge is -2.22. The summed E-state index contributed by atoms with van der Waals surface area (Å²) in [6, 6.07) is 4.19. The Bertz CT molecular complexity index is 345. The number of anilines is 1. The second kappa shape index (κ2) is 5.00. The summed E-state index contributed by atoms with van der Waals surface area (Å²) in [4.78, 5) is 2.31. The van der Waals surface area contributed by atoms with Crippen LogP contribution in [-0.2, 0) is 5.41 Å². The molecular formula is C13H22N4. The lowest BCUT2D eigenvalue weighted by atomic mass is 9.92. The minimum Gasteiger partial charge on any atom is -0.354 e. The van der Waals surface area contributed by atoms with Gasteiger partial charge in [0.1, 0.15) is 0 Å². The van der Waals surface area contributed by atoms with E-state index in [0.717, 1.165) is 37.7 Å². The lowest BCUT2D eigenvalue weighted by Crippen LogP contribution is -2.29. The molecule has 0 spiro atoms. The molecule has 2 heterocycles. The van der Waals surface area contributed by atoms with Crippen LogP contribution in [0.3, 0.4) is 0 Å². The molecular weight excluding hydrogens is 212 g/mol. The van der Waals surface area contributed by atoms with Gasteiger partial charge in [0.25, 0.3) is 0 Å². The fourth-order valence-corrected chi connectivity index (χ4v) is 1.97. The minimum absolute atomic E-state index is 0.0753. The highest BCUT2D eigenvalue weighted by atomic mass is 15.3. The third-order valence-corrected chi connectivity index (χ3v) is 3.08. The van der Waals surface area contributed by atoms with Gasteiger partial charge in [-0.25, -0.2) is 0 Å². The van der Waals surface area contributed by atoms with Gasteiger partial charge in [0.2, 0.25) is 0 Å². The largest absolute Gasteiger partial charge is 0.354 e. The van der Waals surface area contributed by atoms with E-state index in [4.69, 9.17) is 0 Å². The van der Waals surface area contributed by atoms with Gasteiger partial charge in [-0.05, 0) is 25.1 Å². The molecule has 1 aromatic rings. The summed E-state index contributed by atoms with van der Waals surface area (Å²) in [6.45, 7) is 10.7. The zero-order chi connectivity index (χ0) is 12.3. The molecule has 1 aliphatic rings. The van der Waals surface area contributed by atoms with E-state index in [-0.39, 0.29) is 5.41 Å². The van der Waals surface area contributed by atoms with E-state index in [0.29, 0.717) is 0 Å². The van der Waals surface area contributed by atoms with E-state index in [2.05, 4.69) is 53.3 Å². The van der Waals surface area contributed by atoms with E-state index in [1.807, 2.05) is 0 Å². The van der Waals surface area contributed by atoms with Gasteiger partial charge in [0.05, 0.1) is 5.69 Å². The maximum atomic E-state index is 4.36. The van der Waals surface area contributed by atoms with E-state index in [1.165, 1.54) is 6.42 Å². The van der Waals surface area contributed by atoms with Crippen LogP contribution >= 0.6 is 0 Å². The molecule has 2 rings (SSSR count). The van der Waals surface area contributed by atoms with Gasteiger partial charge in [0.15, 0.2) is 5.82 Å². The van der Waals surface area contributed by atoms with Gasteiger partial charge in [-0.1, -0.05) is 20.8 Å². The van der Waals surface area contributed by atoms with Crippen molar-refractivity contribution in [3.8, 4) is 0 Å². The number of aromatic nitrogens is 2. The lowest BCUT2D eigenvalue weighted by molar-refractivity contribution is 0.557. The Kier molecular flexibility index (Phi) is 3.62. The molecule has 0 aromatic carbocycles. The fraction of sp³-hybridized carbons (Fsp3) is 0.692. The van der Waals surface area contributed by atoms with Crippen molar-refractivity contribution >= 4 is 5.82 Å². The molecule has 1 N–H and O–H groups in total. The number of nitrogens with zero attached hydrogens (tertiary/aromatic N) is 3. The third kappa shape index (κ3) is 3.16. The Morgan fingerprint density at radius 3 is 2.59 bits per heavy atom. The highest BCUT2D eigenvalue weighted by Crippen LogP contribution is 2.20. The first-order chi connectivity index (χ1) is 8.07. The molecule has 94 valence electrons. The van der Waals surface area contributed by atoms with Crippen LogP contribution in [0.15, 0.2) is 12.1 Å². The Balaban J connectivity index is 2.11. The number of hydrogen-bond acceptors (Lipinski definition) is 4. The maximum absolute atomic E-state index is 4.36. The van der Waals surface area contributed by atoms with Crippen molar-refractivity contribution in [1.29, 1.82) is 0 Å². The Hall–Kier alpha value is -1.16. The molecule has 0 radical (unpaired) electrons. The highest BCUT2D eigenvalue weighted by Gasteiger charge is 2.17. The molecule has 1 aliphatic heterocycles. The van der Waals surface area contributed by atoms with Gasteiger partial charge >= 0.3 is 0 Å². The molecule has 1 saturated heterocycles. The summed E-state index contributed by atoms with van der Waals surface area (Å²) in [6.07, 6.45) is 1.17. The zero-order valence-corrected chi connectivity index (χ0v) is 11.0. The Morgan fingerprint density at radius 2 is 1.94 bits per heavy atom. The molecule has 4 heteroatoms. The van der Waals surface area contributed by atoms with Crippen LogP contribution in [0.5, 0.6) is 0 Å². The van der Waals surface area contributed by atoms with Gasteiger partial charge in [-0.3, -0.25) is 0 Å². The molecule has 17 heavy (non-hydrogen) atoms. The monoisotopic (exact) mass is 234 g/mol. The summed E-state index contributed by atoms with van der Waals surface area (Å²) >= 11 is 0. The molecule has 4 nitrogen and oxygen atoms in total. The molecule has 0 saturated carbocycles. The summed E-state index contributed by atoms with van der Waals surface area (Å²) in [5.41, 5.74) is 1.13. The van der Waals surface area contributed by atoms with Crippen LogP contribution < -0.4 is 10.2 Å². The average molecular weight is 234 g/mol. The number of hydrogen-bond donors (Lipinski definition) is 1. The van der Waals surface area contributed by atoms with Crippen LogP contribution in [0.2, 0.25) is 0 Å². The van der Waals surface area contributed by atoms with Crippen molar-refractivity contribution in [3.05, 3.63) is 17.8 Å². The van der Waals surface area contributed by atoms with Crippen LogP contribution in [0.25, 0.3) is 0 Å². The molecule has 0 amide bonds. The summed E-state index contributed by atoms with van der Waals surface area (Å²) in [5, 5.41) is 12.1. The average Bonchev–Trinajstić information content (AvgIpc) is 2.56. The molecule has 0 bridgehead atoms. The fourth-order valence-electron chi connectivity index (χ4n) is 1.97. The second-order valence-corrected chi connectivity index (χ2v) is 5.62. The molecule has 0 atom stereocenters. The summed E-state index contributed by atoms with van der Waals surface area (Å²) < 4.78 is 0. The van der Waals surface area contributed by atoms with Gasteiger partial charge in [-0.2, -0.15) is 5.10 Å². The molecule has 0 unspecified atom stereocenters. The SMILES string of the molecule is CC(C)(C)c1ccc(N2CCCNCC2)nn1. The van der Waals surface area contributed by atoms with E-state index in [9.17, 15) is 0 Å². The van der Waals surface area contributed by atoms with Crippen molar-refractivity contribution in [3.63, 3.8) is 0 Å². The first kappa shape index (κ1) is 12.3. The molecule has 0 aliphatic carbocycles. The highest BCUT2D eigenvalue weighted by molar-refractivity contribution is 5.38. The minimum atomic E-state index is 0.0753. The van der Waals surface area contributed by atoms with Crippen LogP contribution in [0, 0.1) is 0 Å². The molecule has 1 fully saturated rings. The smallest absolute Gasteiger partial charge is 0.151 e. The standard InChI is InChI=1S/C13H22N4/c1-13(2,3)11-5-6-12(16-15-11)17-9-4-7-14-8-10-17/h5-6,14H,4,7-10H2,1-3H3. The molecule has 1 aromatic heterocycles. The van der Waals surface area contributed by atoms with Crippen LogP contribution in [-0.4, -0.2) is 36.4 Å². The summed E-state index contributed by atoms with van der Waals surface area (Å²) in [7, 11) is 0. The zero-order valence-electron chi connectivity index (χ0n) is 11.0. The van der Waals surface area contributed by atoms with Crippen molar-refractivity contribution in [2.45, 2.75) is 32.6 Å². The third-order valence-electron chi connectivity index (χ3n) is 3.08. The van der Waals surface area contributed by atoms with E-state index in [1.54, 1.807) is 0 Å². The number of nitrogens with one attached hydrogen (secondary N) is 1. The van der Waals surface area contributed by atoms with Gasteiger partial charge in [0, 0.05) is 25.0 Å².